The Kier molecular flexibility index (Phi) is 6.40. The molecule has 1 aromatic carbocycles. The van der Waals surface area contributed by atoms with Crippen LogP contribution in [0.4, 0.5) is 5.69 Å². The maximum absolute atomic E-state index is 12.4. The molecule has 7 nitrogen and oxygen atoms in total. The van der Waals surface area contributed by atoms with E-state index in [1.165, 1.54) is 4.57 Å². The molecule has 0 amide bonds. The zero-order chi connectivity index (χ0) is 22.1. The number of anilines is 1. The lowest BCUT2D eigenvalue weighted by Crippen LogP contribution is -2.44. The van der Waals surface area contributed by atoms with Crippen molar-refractivity contribution in [3.63, 3.8) is 0 Å². The molecule has 1 fully saturated rings. The lowest BCUT2D eigenvalue weighted by Gasteiger charge is -2.37. The topological polar surface area (TPSA) is 85.3 Å². The van der Waals surface area contributed by atoms with Crippen LogP contribution in [-0.4, -0.2) is 36.6 Å². The number of hydrogen-bond acceptors (Lipinski definition) is 5. The first-order valence-electron chi connectivity index (χ1n) is 10.4. The summed E-state index contributed by atoms with van der Waals surface area (Å²) in [5, 5.41) is 3.63. The highest BCUT2D eigenvalue weighted by Crippen LogP contribution is 2.38. The molecule has 0 spiro atoms. The van der Waals surface area contributed by atoms with Gasteiger partial charge in [-0.3, -0.25) is 14.3 Å². The Hall–Kier alpha value is -2.16. The molecule has 0 unspecified atom stereocenters. The van der Waals surface area contributed by atoms with E-state index in [4.69, 9.17) is 9.16 Å². The van der Waals surface area contributed by atoms with E-state index in [0.717, 1.165) is 5.69 Å². The summed E-state index contributed by atoms with van der Waals surface area (Å²) in [4.78, 5) is 26.5. The first-order valence-corrected chi connectivity index (χ1v) is 13.3. The van der Waals surface area contributed by atoms with Gasteiger partial charge in [0.05, 0.1) is 12.6 Å². The van der Waals surface area contributed by atoms with E-state index in [1.807, 2.05) is 30.3 Å². The molecular formula is C22H33N3O4Si. The Bertz CT molecular complexity index is 978. The summed E-state index contributed by atoms with van der Waals surface area (Å²) in [7, 11) is -1.95. The van der Waals surface area contributed by atoms with Crippen molar-refractivity contribution in [2.45, 2.75) is 70.6 Å². The van der Waals surface area contributed by atoms with Crippen molar-refractivity contribution in [3.05, 3.63) is 62.9 Å². The van der Waals surface area contributed by atoms with E-state index in [0.29, 0.717) is 18.6 Å². The smallest absolute Gasteiger partial charge is 0.330 e. The molecule has 8 heteroatoms. The first-order chi connectivity index (χ1) is 14.0. The van der Waals surface area contributed by atoms with Gasteiger partial charge >= 0.3 is 5.69 Å². The Morgan fingerprint density at radius 1 is 1.23 bits per heavy atom. The molecule has 1 aliphatic heterocycles. The molecule has 30 heavy (non-hydrogen) atoms. The van der Waals surface area contributed by atoms with Gasteiger partial charge in [-0.25, -0.2) is 4.79 Å². The Balaban J connectivity index is 1.83. The number of aromatic nitrogens is 2. The van der Waals surface area contributed by atoms with Gasteiger partial charge in [-0.2, -0.15) is 0 Å². The van der Waals surface area contributed by atoms with Crippen LogP contribution < -0.4 is 16.6 Å². The molecule has 3 atom stereocenters. The molecule has 2 heterocycles. The number of nitrogens with zero attached hydrogens (tertiary/aromatic N) is 1. The van der Waals surface area contributed by atoms with E-state index >= 15 is 0 Å². The molecule has 0 radical (unpaired) electrons. The van der Waals surface area contributed by atoms with Crippen LogP contribution >= 0.6 is 0 Å². The minimum atomic E-state index is -1.95. The van der Waals surface area contributed by atoms with Crippen molar-refractivity contribution in [2.24, 2.45) is 0 Å². The fourth-order valence-electron chi connectivity index (χ4n) is 3.26. The van der Waals surface area contributed by atoms with Crippen LogP contribution in [0.2, 0.25) is 18.1 Å². The molecule has 0 aliphatic carbocycles. The van der Waals surface area contributed by atoms with Crippen molar-refractivity contribution in [3.8, 4) is 0 Å². The maximum Gasteiger partial charge on any atom is 0.330 e. The Morgan fingerprint density at radius 2 is 1.90 bits per heavy atom. The van der Waals surface area contributed by atoms with Crippen molar-refractivity contribution in [1.29, 1.82) is 0 Å². The van der Waals surface area contributed by atoms with Crippen LogP contribution in [0.15, 0.2) is 46.1 Å². The maximum atomic E-state index is 12.4. The van der Waals surface area contributed by atoms with Crippen molar-refractivity contribution in [2.75, 3.05) is 11.9 Å². The molecule has 0 bridgehead atoms. The number of aromatic amines is 1. The van der Waals surface area contributed by atoms with Crippen molar-refractivity contribution in [1.82, 2.24) is 9.55 Å². The fourth-order valence-corrected chi connectivity index (χ4v) is 4.28. The number of para-hydroxylation sites is 1. The molecule has 3 rings (SSSR count). The van der Waals surface area contributed by atoms with Gasteiger partial charge in [-0.1, -0.05) is 39.0 Å². The van der Waals surface area contributed by atoms with Crippen LogP contribution in [0.1, 0.15) is 39.0 Å². The number of aryl methyl sites for hydroxylation is 1. The molecule has 0 saturated carbocycles. The van der Waals surface area contributed by atoms with Crippen LogP contribution in [0.5, 0.6) is 0 Å². The van der Waals surface area contributed by atoms with Crippen LogP contribution in [-0.2, 0) is 9.16 Å². The molecule has 1 aromatic heterocycles. The van der Waals surface area contributed by atoms with Crippen molar-refractivity contribution < 1.29 is 9.16 Å². The second-order valence-corrected chi connectivity index (χ2v) is 14.3. The van der Waals surface area contributed by atoms with E-state index in [1.54, 1.807) is 13.1 Å². The highest BCUT2D eigenvalue weighted by atomic mass is 28.4. The quantitative estimate of drug-likeness (QED) is 0.682. The fraction of sp³-hybridized carbons (Fsp3) is 0.545. The molecule has 2 N–H and O–H groups in total. The summed E-state index contributed by atoms with van der Waals surface area (Å²) in [5.74, 6) is 0. The number of hydrogen-bond donors (Lipinski definition) is 2. The highest BCUT2D eigenvalue weighted by molar-refractivity contribution is 6.74. The van der Waals surface area contributed by atoms with Gasteiger partial charge in [-0.15, -0.1) is 0 Å². The van der Waals surface area contributed by atoms with Gasteiger partial charge in [0.25, 0.3) is 5.56 Å². The summed E-state index contributed by atoms with van der Waals surface area (Å²) in [6.45, 7) is 13.2. The number of rotatable bonds is 6. The largest absolute Gasteiger partial charge is 0.414 e. The predicted octanol–water partition coefficient (Wildman–Crippen LogP) is 3.64. The Morgan fingerprint density at radius 3 is 2.53 bits per heavy atom. The first kappa shape index (κ1) is 22.5. The molecule has 1 saturated heterocycles. The number of nitrogens with one attached hydrogen (secondary N) is 2. The van der Waals surface area contributed by atoms with E-state index in [2.05, 4.69) is 44.2 Å². The van der Waals surface area contributed by atoms with Gasteiger partial charge < -0.3 is 14.5 Å². The molecule has 164 valence electrons. The summed E-state index contributed by atoms with van der Waals surface area (Å²) in [6, 6.07) is 9.92. The SMILES string of the molecule is Cc1cn([C@H]2C[C@@H](Nc3ccccc3)[C@@H](CO[Si](C)(C)C(C)(C)C)O2)c(=O)[nH]c1=O. The van der Waals surface area contributed by atoms with Gasteiger partial charge in [-0.05, 0) is 37.2 Å². The summed E-state index contributed by atoms with van der Waals surface area (Å²) < 4.78 is 14.2. The van der Waals surface area contributed by atoms with E-state index in [9.17, 15) is 9.59 Å². The van der Waals surface area contributed by atoms with Crippen LogP contribution in [0.25, 0.3) is 0 Å². The molecule has 2 aromatic rings. The van der Waals surface area contributed by atoms with Crippen LogP contribution in [0.3, 0.4) is 0 Å². The zero-order valence-corrected chi connectivity index (χ0v) is 19.7. The third-order valence-electron chi connectivity index (χ3n) is 6.23. The number of H-pyrrole nitrogens is 1. The monoisotopic (exact) mass is 431 g/mol. The standard InChI is InChI=1S/C22H33N3O4Si/c1-15-13-25(21(27)24-20(15)26)19-12-17(23-16-10-8-7-9-11-16)18(29-19)14-28-30(5,6)22(2,3)4/h7-11,13,17-19,23H,12,14H2,1-6H3,(H,24,26,27)/t17-,18-,19-/m1/s1. The normalized spacial score (nSPS) is 22.3. The van der Waals surface area contributed by atoms with Crippen LogP contribution in [0, 0.1) is 6.92 Å². The zero-order valence-electron chi connectivity index (χ0n) is 18.7. The summed E-state index contributed by atoms with van der Waals surface area (Å²) in [6.07, 6.45) is 1.47. The number of benzene rings is 1. The third-order valence-corrected chi connectivity index (χ3v) is 10.7. The number of ether oxygens (including phenoxy) is 1. The highest BCUT2D eigenvalue weighted by Gasteiger charge is 2.41. The molecular weight excluding hydrogens is 398 g/mol. The van der Waals surface area contributed by atoms with E-state index < -0.39 is 20.2 Å². The molecule has 1 aliphatic rings. The summed E-state index contributed by atoms with van der Waals surface area (Å²) >= 11 is 0. The lowest BCUT2D eigenvalue weighted by atomic mass is 10.1. The average Bonchev–Trinajstić information content (AvgIpc) is 3.05. The van der Waals surface area contributed by atoms with Gasteiger partial charge in [0.1, 0.15) is 12.3 Å². The third kappa shape index (κ3) is 4.93. The van der Waals surface area contributed by atoms with Crippen molar-refractivity contribution >= 4 is 14.0 Å². The minimum absolute atomic E-state index is 0.0266. The Labute approximate surface area is 178 Å². The predicted molar refractivity (Wildman–Crippen MR) is 122 cm³/mol. The van der Waals surface area contributed by atoms with E-state index in [-0.39, 0.29) is 22.7 Å². The second kappa shape index (κ2) is 8.53. The summed E-state index contributed by atoms with van der Waals surface area (Å²) in [5.41, 5.74) is 0.645. The van der Waals surface area contributed by atoms with Gasteiger partial charge in [0.2, 0.25) is 0 Å². The van der Waals surface area contributed by atoms with Gasteiger partial charge in [0, 0.05) is 23.9 Å². The average molecular weight is 432 g/mol. The van der Waals surface area contributed by atoms with Gasteiger partial charge in [0.15, 0.2) is 8.32 Å². The minimum Gasteiger partial charge on any atom is -0.414 e. The second-order valence-electron chi connectivity index (χ2n) is 9.53. The lowest BCUT2D eigenvalue weighted by molar-refractivity contribution is -0.0237.